The molecule has 0 radical (unpaired) electrons. The molecule has 0 saturated carbocycles. The molecule has 0 aromatic heterocycles. The molecule has 1 atom stereocenters. The summed E-state index contributed by atoms with van der Waals surface area (Å²) in [6.07, 6.45) is 1.47. The highest BCUT2D eigenvalue weighted by Crippen LogP contribution is 2.15. The van der Waals surface area contributed by atoms with Crippen LogP contribution in [0.25, 0.3) is 0 Å². The minimum absolute atomic E-state index is 0.344. The lowest BCUT2D eigenvalue weighted by Crippen LogP contribution is -2.30. The lowest BCUT2D eigenvalue weighted by molar-refractivity contribution is 0.0668. The van der Waals surface area contributed by atoms with Crippen molar-refractivity contribution >= 4 is 0 Å². The monoisotopic (exact) mass is 248 g/mol. The van der Waals surface area contributed by atoms with Gasteiger partial charge in [-0.2, -0.15) is 0 Å². The van der Waals surface area contributed by atoms with E-state index in [0.717, 1.165) is 32.7 Å². The molecule has 0 aliphatic carbocycles. The van der Waals surface area contributed by atoms with E-state index >= 15 is 0 Å². The van der Waals surface area contributed by atoms with E-state index in [4.69, 9.17) is 10.5 Å². The van der Waals surface area contributed by atoms with Gasteiger partial charge >= 0.3 is 0 Å². The van der Waals surface area contributed by atoms with E-state index in [1.54, 1.807) is 0 Å². The molecular weight excluding hydrogens is 224 g/mol. The zero-order valence-corrected chi connectivity index (χ0v) is 11.5. The first-order chi connectivity index (χ1) is 8.69. The van der Waals surface area contributed by atoms with Crippen LogP contribution in [0, 0.1) is 6.92 Å². The molecule has 100 valence electrons. The van der Waals surface area contributed by atoms with E-state index in [2.05, 4.69) is 36.9 Å². The van der Waals surface area contributed by atoms with Gasteiger partial charge in [0.25, 0.3) is 0 Å². The van der Waals surface area contributed by atoms with Gasteiger partial charge in [0.2, 0.25) is 0 Å². The van der Waals surface area contributed by atoms with E-state index in [0.29, 0.717) is 12.6 Å². The van der Waals surface area contributed by atoms with Gasteiger partial charge in [-0.05, 0) is 37.0 Å². The van der Waals surface area contributed by atoms with Crippen LogP contribution in [0.4, 0.5) is 0 Å². The first kappa shape index (κ1) is 13.5. The fraction of sp³-hybridized carbons (Fsp3) is 0.600. The third-order valence-corrected chi connectivity index (χ3v) is 3.57. The number of aryl methyl sites for hydroxylation is 1. The standard InChI is InChI=1S/C15H24N2O/c1-12-8-14(9-16)4-5-15(12)11-17-6-3-7-18-13(2)10-17/h4-5,8,13H,3,6-7,9-11,16H2,1-2H3. The summed E-state index contributed by atoms with van der Waals surface area (Å²) in [6.45, 7) is 9.01. The number of hydrogen-bond acceptors (Lipinski definition) is 3. The molecular formula is C15H24N2O. The molecule has 1 fully saturated rings. The minimum Gasteiger partial charge on any atom is -0.377 e. The minimum atomic E-state index is 0.344. The first-order valence-corrected chi connectivity index (χ1v) is 6.81. The number of nitrogens with two attached hydrogens (primary N) is 1. The molecule has 1 aliphatic rings. The highest BCUT2D eigenvalue weighted by Gasteiger charge is 2.15. The largest absolute Gasteiger partial charge is 0.377 e. The lowest BCUT2D eigenvalue weighted by Gasteiger charge is -2.22. The SMILES string of the molecule is Cc1cc(CN)ccc1CN1CCCOC(C)C1. The van der Waals surface area contributed by atoms with Crippen molar-refractivity contribution in [1.82, 2.24) is 4.90 Å². The van der Waals surface area contributed by atoms with Crippen LogP contribution in [0.2, 0.25) is 0 Å². The summed E-state index contributed by atoms with van der Waals surface area (Å²) in [6, 6.07) is 6.56. The Morgan fingerprint density at radius 2 is 2.28 bits per heavy atom. The maximum Gasteiger partial charge on any atom is 0.0674 e. The van der Waals surface area contributed by atoms with Gasteiger partial charge in [0.05, 0.1) is 6.10 Å². The van der Waals surface area contributed by atoms with Gasteiger partial charge in [0.15, 0.2) is 0 Å². The number of benzene rings is 1. The Bertz CT molecular complexity index is 392. The average Bonchev–Trinajstić information content (AvgIpc) is 2.56. The molecule has 1 aliphatic heterocycles. The summed E-state index contributed by atoms with van der Waals surface area (Å²) in [5, 5.41) is 0. The summed E-state index contributed by atoms with van der Waals surface area (Å²) in [4.78, 5) is 2.49. The van der Waals surface area contributed by atoms with Crippen molar-refractivity contribution in [1.29, 1.82) is 0 Å². The van der Waals surface area contributed by atoms with Crippen molar-refractivity contribution < 1.29 is 4.74 Å². The number of rotatable bonds is 3. The van der Waals surface area contributed by atoms with Gasteiger partial charge < -0.3 is 10.5 Å². The lowest BCUT2D eigenvalue weighted by atomic mass is 10.0. The molecule has 1 unspecified atom stereocenters. The zero-order chi connectivity index (χ0) is 13.0. The van der Waals surface area contributed by atoms with Crippen molar-refractivity contribution in [2.45, 2.75) is 39.5 Å². The highest BCUT2D eigenvalue weighted by molar-refractivity contribution is 5.31. The summed E-state index contributed by atoms with van der Waals surface area (Å²) >= 11 is 0. The number of ether oxygens (including phenoxy) is 1. The van der Waals surface area contributed by atoms with Crippen LogP contribution < -0.4 is 5.73 Å². The second-order valence-corrected chi connectivity index (χ2v) is 5.24. The molecule has 1 heterocycles. The molecule has 18 heavy (non-hydrogen) atoms. The fourth-order valence-corrected chi connectivity index (χ4v) is 2.53. The summed E-state index contributed by atoms with van der Waals surface area (Å²) in [5.74, 6) is 0. The number of nitrogens with zero attached hydrogens (tertiary/aromatic N) is 1. The quantitative estimate of drug-likeness (QED) is 0.890. The van der Waals surface area contributed by atoms with Gasteiger partial charge in [-0.1, -0.05) is 18.2 Å². The Kier molecular flexibility index (Phi) is 4.75. The number of hydrogen-bond donors (Lipinski definition) is 1. The Balaban J connectivity index is 2.03. The third kappa shape index (κ3) is 3.55. The van der Waals surface area contributed by atoms with Crippen molar-refractivity contribution in [3.05, 3.63) is 34.9 Å². The molecule has 0 spiro atoms. The van der Waals surface area contributed by atoms with E-state index < -0.39 is 0 Å². The first-order valence-electron chi connectivity index (χ1n) is 6.81. The van der Waals surface area contributed by atoms with Gasteiger partial charge in [0.1, 0.15) is 0 Å². The Labute approximate surface area is 110 Å². The van der Waals surface area contributed by atoms with Crippen molar-refractivity contribution in [3.8, 4) is 0 Å². The molecule has 0 bridgehead atoms. The van der Waals surface area contributed by atoms with Crippen LogP contribution in [0.1, 0.15) is 30.0 Å². The predicted octanol–water partition coefficient (Wildman–Crippen LogP) is 2.06. The Hall–Kier alpha value is -0.900. The third-order valence-electron chi connectivity index (χ3n) is 3.57. The zero-order valence-electron chi connectivity index (χ0n) is 11.5. The van der Waals surface area contributed by atoms with Crippen molar-refractivity contribution in [3.63, 3.8) is 0 Å². The molecule has 3 nitrogen and oxygen atoms in total. The second kappa shape index (κ2) is 6.32. The van der Waals surface area contributed by atoms with Crippen molar-refractivity contribution in [2.24, 2.45) is 5.73 Å². The van der Waals surface area contributed by atoms with Crippen LogP contribution in [0.5, 0.6) is 0 Å². The second-order valence-electron chi connectivity index (χ2n) is 5.24. The smallest absolute Gasteiger partial charge is 0.0674 e. The van der Waals surface area contributed by atoms with Crippen molar-refractivity contribution in [2.75, 3.05) is 19.7 Å². The molecule has 2 N–H and O–H groups in total. The fourth-order valence-electron chi connectivity index (χ4n) is 2.53. The summed E-state index contributed by atoms with van der Waals surface area (Å²) < 4.78 is 5.68. The van der Waals surface area contributed by atoms with Gasteiger partial charge in [-0.15, -0.1) is 0 Å². The normalized spacial score (nSPS) is 21.8. The van der Waals surface area contributed by atoms with Crippen LogP contribution >= 0.6 is 0 Å². The average molecular weight is 248 g/mol. The van der Waals surface area contributed by atoms with Crippen LogP contribution in [0.3, 0.4) is 0 Å². The topological polar surface area (TPSA) is 38.5 Å². The maximum atomic E-state index is 5.68. The predicted molar refractivity (Wildman–Crippen MR) is 74.4 cm³/mol. The molecule has 1 saturated heterocycles. The van der Waals surface area contributed by atoms with E-state index in [1.807, 2.05) is 0 Å². The van der Waals surface area contributed by atoms with Gasteiger partial charge in [-0.3, -0.25) is 4.90 Å². The van der Waals surface area contributed by atoms with E-state index in [9.17, 15) is 0 Å². The van der Waals surface area contributed by atoms with Gasteiger partial charge in [0, 0.05) is 32.8 Å². The molecule has 0 amide bonds. The molecule has 1 aromatic rings. The van der Waals surface area contributed by atoms with Crippen LogP contribution in [-0.2, 0) is 17.8 Å². The maximum absolute atomic E-state index is 5.68. The Morgan fingerprint density at radius 1 is 1.44 bits per heavy atom. The Morgan fingerprint density at radius 3 is 3.00 bits per heavy atom. The van der Waals surface area contributed by atoms with Crippen LogP contribution in [0.15, 0.2) is 18.2 Å². The van der Waals surface area contributed by atoms with E-state index in [-0.39, 0.29) is 0 Å². The molecule has 1 aromatic carbocycles. The summed E-state index contributed by atoms with van der Waals surface area (Å²) in [5.41, 5.74) is 9.62. The summed E-state index contributed by atoms with van der Waals surface area (Å²) in [7, 11) is 0. The van der Waals surface area contributed by atoms with Gasteiger partial charge in [-0.25, -0.2) is 0 Å². The highest BCUT2D eigenvalue weighted by atomic mass is 16.5. The van der Waals surface area contributed by atoms with Crippen LogP contribution in [-0.4, -0.2) is 30.7 Å². The molecule has 3 heteroatoms. The molecule has 2 rings (SSSR count). The van der Waals surface area contributed by atoms with E-state index in [1.165, 1.54) is 16.7 Å².